The summed E-state index contributed by atoms with van der Waals surface area (Å²) >= 11 is 0. The van der Waals surface area contributed by atoms with Crippen molar-refractivity contribution < 1.29 is 27.6 Å². The summed E-state index contributed by atoms with van der Waals surface area (Å²) in [6, 6.07) is 14.4. The summed E-state index contributed by atoms with van der Waals surface area (Å²) in [7, 11) is 0. The first kappa shape index (κ1) is 21.0. The molecule has 0 fully saturated rings. The van der Waals surface area contributed by atoms with Gasteiger partial charge in [0.25, 0.3) is 0 Å². The molecule has 2 amide bonds. The molecule has 30 heavy (non-hydrogen) atoms. The molecule has 0 aliphatic rings. The van der Waals surface area contributed by atoms with Crippen LogP contribution in [-0.2, 0) is 9.59 Å². The van der Waals surface area contributed by atoms with Crippen molar-refractivity contribution in [1.82, 2.24) is 5.32 Å². The van der Waals surface area contributed by atoms with Gasteiger partial charge >= 0.3 is 0 Å². The number of nitrogens with one attached hydrogen (secondary N) is 2. The monoisotopic (exact) mass is 414 g/mol. The van der Waals surface area contributed by atoms with Gasteiger partial charge in [-0.1, -0.05) is 36.4 Å². The minimum Gasteiger partial charge on any atom is -0.347 e. The van der Waals surface area contributed by atoms with Crippen molar-refractivity contribution in [2.75, 3.05) is 11.9 Å². The summed E-state index contributed by atoms with van der Waals surface area (Å²) in [6.07, 6.45) is -0.192. The number of anilines is 1. The first-order chi connectivity index (χ1) is 14.3. The van der Waals surface area contributed by atoms with Crippen molar-refractivity contribution in [3.63, 3.8) is 0 Å². The number of hydrogen-bond donors (Lipinski definition) is 2. The van der Waals surface area contributed by atoms with E-state index < -0.39 is 41.5 Å². The van der Waals surface area contributed by atoms with Crippen LogP contribution < -0.4 is 10.6 Å². The van der Waals surface area contributed by atoms with Crippen LogP contribution in [0.4, 0.5) is 18.9 Å². The number of hydrogen-bond acceptors (Lipinski definition) is 3. The maximum absolute atomic E-state index is 13.5. The van der Waals surface area contributed by atoms with E-state index in [-0.39, 0.29) is 18.6 Å². The molecule has 3 rings (SSSR count). The van der Waals surface area contributed by atoms with Crippen molar-refractivity contribution in [1.29, 1.82) is 0 Å². The topological polar surface area (TPSA) is 75.3 Å². The summed E-state index contributed by atoms with van der Waals surface area (Å²) in [6.45, 7) is -0.512. The second-order valence-corrected chi connectivity index (χ2v) is 6.53. The van der Waals surface area contributed by atoms with Crippen LogP contribution in [0.3, 0.4) is 0 Å². The van der Waals surface area contributed by atoms with Crippen molar-refractivity contribution in [3.8, 4) is 0 Å². The van der Waals surface area contributed by atoms with Crippen molar-refractivity contribution in [3.05, 3.63) is 77.6 Å². The number of halogens is 3. The Morgan fingerprint density at radius 3 is 2.27 bits per heavy atom. The lowest BCUT2D eigenvalue weighted by atomic mass is 10.0. The van der Waals surface area contributed by atoms with Gasteiger partial charge in [0.15, 0.2) is 23.2 Å². The molecule has 0 heterocycles. The van der Waals surface area contributed by atoms with E-state index in [1.165, 1.54) is 0 Å². The van der Waals surface area contributed by atoms with Gasteiger partial charge in [0.2, 0.25) is 11.8 Å². The average molecular weight is 414 g/mol. The van der Waals surface area contributed by atoms with E-state index in [1.807, 2.05) is 35.6 Å². The maximum Gasteiger partial charge on any atom is 0.243 e. The standard InChI is InChI=1S/C22H17F3N2O3/c23-16-7-8-17(22(25)21(16)24)27-20(30)12-26-19(29)10-9-18(28)15-6-5-13-3-1-2-4-14(13)11-15/h1-8,11H,9-10,12H2,(H,26,29)(H,27,30). The van der Waals surface area contributed by atoms with Gasteiger partial charge in [0.05, 0.1) is 12.2 Å². The predicted molar refractivity (Wildman–Crippen MR) is 105 cm³/mol. The first-order valence-electron chi connectivity index (χ1n) is 9.07. The van der Waals surface area contributed by atoms with Gasteiger partial charge in [-0.25, -0.2) is 13.2 Å². The zero-order valence-electron chi connectivity index (χ0n) is 15.7. The number of Topliss-reactive ketones (excluding diaryl/α,β-unsaturated/α-hetero) is 1. The highest BCUT2D eigenvalue weighted by Gasteiger charge is 2.16. The highest BCUT2D eigenvalue weighted by Crippen LogP contribution is 2.19. The van der Waals surface area contributed by atoms with Gasteiger partial charge in [0.1, 0.15) is 0 Å². The molecular weight excluding hydrogens is 397 g/mol. The summed E-state index contributed by atoms with van der Waals surface area (Å²) in [4.78, 5) is 36.0. The largest absolute Gasteiger partial charge is 0.347 e. The number of ketones is 1. The number of fused-ring (bicyclic) bond motifs is 1. The van der Waals surface area contributed by atoms with E-state index in [9.17, 15) is 27.6 Å². The van der Waals surface area contributed by atoms with E-state index in [4.69, 9.17) is 0 Å². The minimum atomic E-state index is -1.70. The Labute approximate surface area is 169 Å². The van der Waals surface area contributed by atoms with Crippen LogP contribution in [0.15, 0.2) is 54.6 Å². The van der Waals surface area contributed by atoms with Gasteiger partial charge in [0, 0.05) is 18.4 Å². The van der Waals surface area contributed by atoms with Gasteiger partial charge in [-0.05, 0) is 29.0 Å². The number of benzene rings is 3. The molecule has 0 aliphatic carbocycles. The highest BCUT2D eigenvalue weighted by molar-refractivity contribution is 6.01. The second kappa shape index (κ2) is 9.21. The molecule has 3 aromatic rings. The molecule has 0 atom stereocenters. The fourth-order valence-corrected chi connectivity index (χ4v) is 2.82. The number of carbonyl (C=O) groups is 3. The van der Waals surface area contributed by atoms with Crippen LogP contribution in [0, 0.1) is 17.5 Å². The quantitative estimate of drug-likeness (QED) is 0.454. The Morgan fingerprint density at radius 1 is 0.767 bits per heavy atom. The second-order valence-electron chi connectivity index (χ2n) is 6.53. The number of rotatable bonds is 7. The number of carbonyl (C=O) groups excluding carboxylic acids is 3. The molecule has 0 spiro atoms. The normalized spacial score (nSPS) is 10.6. The van der Waals surface area contributed by atoms with Gasteiger partial charge in [-0.3, -0.25) is 14.4 Å². The average Bonchev–Trinajstić information content (AvgIpc) is 2.76. The molecule has 0 aromatic heterocycles. The molecule has 8 heteroatoms. The third kappa shape index (κ3) is 5.02. The molecule has 0 saturated carbocycles. The maximum atomic E-state index is 13.5. The molecular formula is C22H17F3N2O3. The SMILES string of the molecule is O=C(CCC(=O)c1ccc2ccccc2c1)NCC(=O)Nc1ccc(F)c(F)c1F. The molecule has 0 aliphatic heterocycles. The fourth-order valence-electron chi connectivity index (χ4n) is 2.82. The van der Waals surface area contributed by atoms with E-state index in [0.29, 0.717) is 11.6 Å². The molecule has 0 unspecified atom stereocenters. The Kier molecular flexibility index (Phi) is 6.46. The van der Waals surface area contributed by atoms with Crippen molar-refractivity contribution >= 4 is 34.1 Å². The zero-order chi connectivity index (χ0) is 21.7. The summed E-state index contributed by atoms with van der Waals surface area (Å²) in [5, 5.41) is 6.24. The number of amides is 2. The van der Waals surface area contributed by atoms with Crippen LogP contribution in [0.1, 0.15) is 23.2 Å². The highest BCUT2D eigenvalue weighted by atomic mass is 19.2. The van der Waals surface area contributed by atoms with Gasteiger partial charge < -0.3 is 10.6 Å². The van der Waals surface area contributed by atoms with Crippen LogP contribution in [-0.4, -0.2) is 24.1 Å². The lowest BCUT2D eigenvalue weighted by Gasteiger charge is -2.08. The zero-order valence-corrected chi connectivity index (χ0v) is 15.7. The molecule has 0 saturated heterocycles. The lowest BCUT2D eigenvalue weighted by molar-refractivity contribution is -0.124. The Bertz CT molecular complexity index is 1130. The summed E-state index contributed by atoms with van der Waals surface area (Å²) in [5.74, 6) is -6.21. The minimum absolute atomic E-state index is 0.0520. The molecule has 154 valence electrons. The van der Waals surface area contributed by atoms with Crippen LogP contribution in [0.2, 0.25) is 0 Å². The molecule has 0 radical (unpaired) electrons. The third-order valence-electron chi connectivity index (χ3n) is 4.41. The smallest absolute Gasteiger partial charge is 0.243 e. The Balaban J connectivity index is 1.47. The van der Waals surface area contributed by atoms with Crippen LogP contribution >= 0.6 is 0 Å². The van der Waals surface area contributed by atoms with Gasteiger partial charge in [-0.2, -0.15) is 0 Å². The van der Waals surface area contributed by atoms with E-state index in [1.54, 1.807) is 12.1 Å². The van der Waals surface area contributed by atoms with E-state index >= 15 is 0 Å². The van der Waals surface area contributed by atoms with Crippen molar-refractivity contribution in [2.45, 2.75) is 12.8 Å². The van der Waals surface area contributed by atoms with Gasteiger partial charge in [-0.15, -0.1) is 0 Å². The van der Waals surface area contributed by atoms with Crippen molar-refractivity contribution in [2.24, 2.45) is 0 Å². The third-order valence-corrected chi connectivity index (χ3v) is 4.41. The van der Waals surface area contributed by atoms with E-state index in [2.05, 4.69) is 5.32 Å². The molecule has 2 N–H and O–H groups in total. The Morgan fingerprint density at radius 2 is 1.50 bits per heavy atom. The van der Waals surface area contributed by atoms with Crippen LogP contribution in [0.5, 0.6) is 0 Å². The lowest BCUT2D eigenvalue weighted by Crippen LogP contribution is -2.33. The molecule has 0 bridgehead atoms. The summed E-state index contributed by atoms with van der Waals surface area (Å²) < 4.78 is 39.6. The Hall–Kier alpha value is -3.68. The first-order valence-corrected chi connectivity index (χ1v) is 9.07. The predicted octanol–water partition coefficient (Wildman–Crippen LogP) is 3.97. The van der Waals surface area contributed by atoms with E-state index in [0.717, 1.165) is 16.8 Å². The summed E-state index contributed by atoms with van der Waals surface area (Å²) in [5.41, 5.74) is -0.0623. The van der Waals surface area contributed by atoms with Crippen LogP contribution in [0.25, 0.3) is 10.8 Å². The molecule has 5 nitrogen and oxygen atoms in total. The fraction of sp³-hybridized carbons (Fsp3) is 0.136. The molecule has 3 aromatic carbocycles.